The molecular weight excluding hydrogens is 354 g/mol. The van der Waals surface area contributed by atoms with Crippen LogP contribution in [0.3, 0.4) is 0 Å². The Bertz CT molecular complexity index is 877. The van der Waals surface area contributed by atoms with Crippen molar-refractivity contribution >= 4 is 11.6 Å². The van der Waals surface area contributed by atoms with Crippen LogP contribution in [0.15, 0.2) is 78.9 Å². The number of nitrogens with one attached hydrogen (secondary N) is 1. The molecule has 5 heteroatoms. The predicted octanol–water partition coefficient (Wildman–Crippen LogP) is 4.68. The Morgan fingerprint density at radius 1 is 0.857 bits per heavy atom. The van der Waals surface area contributed by atoms with E-state index in [1.807, 2.05) is 42.5 Å². The van der Waals surface area contributed by atoms with Crippen molar-refractivity contribution in [1.82, 2.24) is 0 Å². The number of ether oxygens (including phenoxy) is 3. The van der Waals surface area contributed by atoms with Crippen LogP contribution in [-0.2, 0) is 11.4 Å². The van der Waals surface area contributed by atoms with Crippen LogP contribution >= 0.6 is 0 Å². The Kier molecular flexibility index (Phi) is 6.52. The summed E-state index contributed by atoms with van der Waals surface area (Å²) in [5.74, 6) is 1.85. The molecule has 3 aromatic rings. The fourth-order valence-electron chi connectivity index (χ4n) is 2.53. The lowest BCUT2D eigenvalue weighted by Gasteiger charge is -2.15. The van der Waals surface area contributed by atoms with Crippen molar-refractivity contribution < 1.29 is 19.0 Å². The van der Waals surface area contributed by atoms with Crippen molar-refractivity contribution in [2.24, 2.45) is 0 Å². The highest BCUT2D eigenvalue weighted by molar-refractivity contribution is 5.94. The van der Waals surface area contributed by atoms with E-state index in [1.165, 1.54) is 0 Å². The number of carbonyl (C=O) groups is 1. The zero-order chi connectivity index (χ0) is 19.8. The molecule has 0 aliphatic rings. The van der Waals surface area contributed by atoms with Gasteiger partial charge in [-0.2, -0.15) is 0 Å². The number of methoxy groups -OCH3 is 1. The molecule has 3 aromatic carbocycles. The highest BCUT2D eigenvalue weighted by Gasteiger charge is 2.15. The first-order chi connectivity index (χ1) is 13.6. The van der Waals surface area contributed by atoms with Crippen molar-refractivity contribution in [1.29, 1.82) is 0 Å². The fourth-order valence-corrected chi connectivity index (χ4v) is 2.53. The van der Waals surface area contributed by atoms with Crippen LogP contribution < -0.4 is 19.5 Å². The summed E-state index contributed by atoms with van der Waals surface area (Å²) in [5.41, 5.74) is 1.78. The zero-order valence-electron chi connectivity index (χ0n) is 15.9. The van der Waals surface area contributed by atoms with E-state index in [-0.39, 0.29) is 5.91 Å². The van der Waals surface area contributed by atoms with E-state index >= 15 is 0 Å². The van der Waals surface area contributed by atoms with Crippen LogP contribution in [-0.4, -0.2) is 19.1 Å². The van der Waals surface area contributed by atoms with Gasteiger partial charge in [-0.15, -0.1) is 0 Å². The molecule has 0 saturated carbocycles. The van der Waals surface area contributed by atoms with E-state index < -0.39 is 6.10 Å². The highest BCUT2D eigenvalue weighted by Crippen LogP contribution is 2.20. The highest BCUT2D eigenvalue weighted by atomic mass is 16.5. The molecule has 0 saturated heterocycles. The van der Waals surface area contributed by atoms with Crippen LogP contribution in [0.2, 0.25) is 0 Å². The quantitative estimate of drug-likeness (QED) is 0.619. The summed E-state index contributed by atoms with van der Waals surface area (Å²) in [6.45, 7) is 2.20. The van der Waals surface area contributed by atoms with Gasteiger partial charge in [0.25, 0.3) is 5.91 Å². The molecule has 0 radical (unpaired) electrons. The number of anilines is 1. The number of amides is 1. The van der Waals surface area contributed by atoms with Crippen molar-refractivity contribution in [2.75, 3.05) is 12.4 Å². The first-order valence-corrected chi connectivity index (χ1v) is 9.02. The number of rotatable bonds is 8. The number of hydrogen-bond acceptors (Lipinski definition) is 4. The molecule has 0 unspecified atom stereocenters. The summed E-state index contributed by atoms with van der Waals surface area (Å²) in [6, 6.07) is 24.3. The lowest BCUT2D eigenvalue weighted by molar-refractivity contribution is -0.122. The Morgan fingerprint density at radius 2 is 1.46 bits per heavy atom. The zero-order valence-corrected chi connectivity index (χ0v) is 15.9. The first-order valence-electron chi connectivity index (χ1n) is 9.02. The van der Waals surface area contributed by atoms with Crippen LogP contribution in [0, 0.1) is 0 Å². The van der Waals surface area contributed by atoms with E-state index in [1.54, 1.807) is 50.4 Å². The third kappa shape index (κ3) is 5.51. The molecule has 1 atom stereocenters. The summed E-state index contributed by atoms with van der Waals surface area (Å²) in [5, 5.41) is 2.84. The second-order valence-electron chi connectivity index (χ2n) is 6.22. The molecule has 0 spiro atoms. The minimum absolute atomic E-state index is 0.228. The molecule has 5 nitrogen and oxygen atoms in total. The van der Waals surface area contributed by atoms with Crippen LogP contribution in [0.5, 0.6) is 17.2 Å². The topological polar surface area (TPSA) is 56.8 Å². The second-order valence-corrected chi connectivity index (χ2v) is 6.22. The van der Waals surface area contributed by atoms with Gasteiger partial charge in [-0.25, -0.2) is 0 Å². The molecule has 28 heavy (non-hydrogen) atoms. The summed E-state index contributed by atoms with van der Waals surface area (Å²) >= 11 is 0. The van der Waals surface area contributed by atoms with E-state index in [9.17, 15) is 4.79 Å². The molecule has 0 bridgehead atoms. The van der Waals surface area contributed by atoms with E-state index in [0.29, 0.717) is 18.0 Å². The van der Waals surface area contributed by atoms with Gasteiger partial charge in [0.05, 0.1) is 7.11 Å². The first kappa shape index (κ1) is 19.3. The lowest BCUT2D eigenvalue weighted by atomic mass is 10.2. The SMILES string of the molecule is COc1ccc(O[C@H](C)C(=O)Nc2ccc(OCc3ccccc3)cc2)cc1. The van der Waals surface area contributed by atoms with Gasteiger partial charge in [0.1, 0.15) is 23.9 Å². The summed E-state index contributed by atoms with van der Waals surface area (Å²) in [4.78, 5) is 12.3. The predicted molar refractivity (Wildman–Crippen MR) is 109 cm³/mol. The van der Waals surface area contributed by atoms with Crippen molar-refractivity contribution in [3.8, 4) is 17.2 Å². The number of benzene rings is 3. The van der Waals surface area contributed by atoms with Gasteiger partial charge in [-0.05, 0) is 61.0 Å². The Balaban J connectivity index is 1.50. The summed E-state index contributed by atoms with van der Waals surface area (Å²) < 4.78 is 16.5. The largest absolute Gasteiger partial charge is 0.497 e. The molecule has 0 heterocycles. The van der Waals surface area contributed by atoms with Crippen molar-refractivity contribution in [3.05, 3.63) is 84.4 Å². The van der Waals surface area contributed by atoms with Gasteiger partial charge >= 0.3 is 0 Å². The maximum absolute atomic E-state index is 12.3. The monoisotopic (exact) mass is 377 g/mol. The van der Waals surface area contributed by atoms with Crippen LogP contribution in [0.4, 0.5) is 5.69 Å². The van der Waals surface area contributed by atoms with Gasteiger partial charge in [-0.3, -0.25) is 4.79 Å². The van der Waals surface area contributed by atoms with Crippen molar-refractivity contribution in [2.45, 2.75) is 19.6 Å². The number of carbonyl (C=O) groups excluding carboxylic acids is 1. The van der Waals surface area contributed by atoms with Crippen LogP contribution in [0.1, 0.15) is 12.5 Å². The average Bonchev–Trinajstić information content (AvgIpc) is 2.74. The molecule has 1 amide bonds. The maximum atomic E-state index is 12.3. The third-order valence-electron chi connectivity index (χ3n) is 4.11. The molecule has 1 N–H and O–H groups in total. The summed E-state index contributed by atoms with van der Waals surface area (Å²) in [7, 11) is 1.60. The van der Waals surface area contributed by atoms with Crippen molar-refractivity contribution in [3.63, 3.8) is 0 Å². The van der Waals surface area contributed by atoms with Gasteiger partial charge in [-0.1, -0.05) is 30.3 Å². The Hall–Kier alpha value is -3.47. The molecule has 3 rings (SSSR count). The smallest absolute Gasteiger partial charge is 0.265 e. The maximum Gasteiger partial charge on any atom is 0.265 e. The second kappa shape index (κ2) is 9.46. The minimum Gasteiger partial charge on any atom is -0.497 e. The fraction of sp³-hybridized carbons (Fsp3) is 0.174. The Labute approximate surface area is 164 Å². The van der Waals surface area contributed by atoms with Gasteiger partial charge in [0, 0.05) is 5.69 Å². The molecule has 0 aliphatic heterocycles. The van der Waals surface area contributed by atoms with Gasteiger partial charge in [0.15, 0.2) is 6.10 Å². The van der Waals surface area contributed by atoms with E-state index in [0.717, 1.165) is 17.1 Å². The molecule has 0 aromatic heterocycles. The van der Waals surface area contributed by atoms with Gasteiger partial charge in [0.2, 0.25) is 0 Å². The van der Waals surface area contributed by atoms with Crippen LogP contribution in [0.25, 0.3) is 0 Å². The summed E-state index contributed by atoms with van der Waals surface area (Å²) in [6.07, 6.45) is -0.637. The number of hydrogen-bond donors (Lipinski definition) is 1. The Morgan fingerprint density at radius 3 is 2.11 bits per heavy atom. The molecular formula is C23H23NO4. The molecule has 144 valence electrons. The molecule has 0 aliphatic carbocycles. The van der Waals surface area contributed by atoms with E-state index in [2.05, 4.69) is 5.32 Å². The van der Waals surface area contributed by atoms with Gasteiger partial charge < -0.3 is 19.5 Å². The third-order valence-corrected chi connectivity index (χ3v) is 4.11. The standard InChI is InChI=1S/C23H23NO4/c1-17(28-22-14-12-20(26-2)13-15-22)23(25)24-19-8-10-21(11-9-19)27-16-18-6-4-3-5-7-18/h3-15,17H,16H2,1-2H3,(H,24,25)/t17-/m1/s1. The van der Waals surface area contributed by atoms with E-state index in [4.69, 9.17) is 14.2 Å². The minimum atomic E-state index is -0.637. The lowest BCUT2D eigenvalue weighted by Crippen LogP contribution is -2.30. The average molecular weight is 377 g/mol. The molecule has 0 fully saturated rings. The normalized spacial score (nSPS) is 11.4.